The SMILES string of the molecule is C[C@H](Oc1ccc(OCc2ccccc2)cc1)C(=O)Nc1ccc(F)cc1Cl. The summed E-state index contributed by atoms with van der Waals surface area (Å²) in [7, 11) is 0. The molecule has 6 heteroatoms. The van der Waals surface area contributed by atoms with Gasteiger partial charge in [0.1, 0.15) is 23.9 Å². The molecule has 0 saturated heterocycles. The fourth-order valence-electron chi connectivity index (χ4n) is 2.44. The van der Waals surface area contributed by atoms with Crippen molar-refractivity contribution >= 4 is 23.2 Å². The predicted octanol–water partition coefficient (Wildman–Crippen LogP) is 5.46. The molecule has 0 unspecified atom stereocenters. The monoisotopic (exact) mass is 399 g/mol. The Morgan fingerprint density at radius 3 is 2.39 bits per heavy atom. The molecule has 1 N–H and O–H groups in total. The van der Waals surface area contributed by atoms with E-state index in [0.717, 1.165) is 11.6 Å². The number of rotatable bonds is 7. The molecule has 0 radical (unpaired) electrons. The van der Waals surface area contributed by atoms with Gasteiger partial charge in [-0.25, -0.2) is 4.39 Å². The van der Waals surface area contributed by atoms with Crippen LogP contribution in [0, 0.1) is 5.82 Å². The van der Waals surface area contributed by atoms with E-state index in [1.54, 1.807) is 31.2 Å². The maximum absolute atomic E-state index is 13.1. The Balaban J connectivity index is 1.53. The maximum Gasteiger partial charge on any atom is 0.265 e. The zero-order valence-electron chi connectivity index (χ0n) is 15.2. The number of hydrogen-bond donors (Lipinski definition) is 1. The quantitative estimate of drug-likeness (QED) is 0.573. The zero-order valence-corrected chi connectivity index (χ0v) is 15.9. The van der Waals surface area contributed by atoms with Gasteiger partial charge in [-0.15, -0.1) is 0 Å². The van der Waals surface area contributed by atoms with E-state index in [2.05, 4.69) is 5.32 Å². The minimum atomic E-state index is -0.766. The summed E-state index contributed by atoms with van der Waals surface area (Å²) in [5, 5.41) is 2.75. The van der Waals surface area contributed by atoms with Crippen LogP contribution >= 0.6 is 11.6 Å². The Hall–Kier alpha value is -3.05. The molecule has 3 aromatic rings. The summed E-state index contributed by atoms with van der Waals surface area (Å²) < 4.78 is 24.4. The lowest BCUT2D eigenvalue weighted by Crippen LogP contribution is -2.30. The van der Waals surface area contributed by atoms with Gasteiger partial charge in [-0.2, -0.15) is 0 Å². The molecule has 3 rings (SSSR count). The van der Waals surface area contributed by atoms with Gasteiger partial charge in [-0.1, -0.05) is 41.9 Å². The number of hydrogen-bond acceptors (Lipinski definition) is 3. The molecule has 144 valence electrons. The van der Waals surface area contributed by atoms with E-state index in [1.165, 1.54) is 12.1 Å². The molecule has 0 aromatic heterocycles. The minimum Gasteiger partial charge on any atom is -0.489 e. The van der Waals surface area contributed by atoms with Gasteiger partial charge < -0.3 is 14.8 Å². The molecule has 0 aliphatic heterocycles. The first-order valence-corrected chi connectivity index (χ1v) is 9.08. The van der Waals surface area contributed by atoms with Crippen LogP contribution in [0.15, 0.2) is 72.8 Å². The van der Waals surface area contributed by atoms with Crippen molar-refractivity contribution in [3.63, 3.8) is 0 Å². The summed E-state index contributed by atoms with van der Waals surface area (Å²) in [6, 6.07) is 20.6. The zero-order chi connectivity index (χ0) is 19.9. The van der Waals surface area contributed by atoms with Crippen molar-refractivity contribution < 1.29 is 18.7 Å². The summed E-state index contributed by atoms with van der Waals surface area (Å²) in [4.78, 5) is 12.3. The molecule has 0 heterocycles. The molecule has 0 bridgehead atoms. The van der Waals surface area contributed by atoms with Crippen molar-refractivity contribution in [3.05, 3.63) is 89.2 Å². The van der Waals surface area contributed by atoms with Crippen LogP contribution in [0.3, 0.4) is 0 Å². The summed E-state index contributed by atoms with van der Waals surface area (Å²) in [6.45, 7) is 2.09. The van der Waals surface area contributed by atoms with Gasteiger partial charge in [0.25, 0.3) is 5.91 Å². The highest BCUT2D eigenvalue weighted by Gasteiger charge is 2.16. The van der Waals surface area contributed by atoms with E-state index in [-0.39, 0.29) is 5.02 Å². The van der Waals surface area contributed by atoms with E-state index >= 15 is 0 Å². The molecular formula is C22H19ClFNO3. The second-order valence-electron chi connectivity index (χ2n) is 6.12. The second-order valence-corrected chi connectivity index (χ2v) is 6.53. The topological polar surface area (TPSA) is 47.6 Å². The van der Waals surface area contributed by atoms with Crippen LogP contribution < -0.4 is 14.8 Å². The van der Waals surface area contributed by atoms with Gasteiger partial charge in [0, 0.05) is 0 Å². The number of benzene rings is 3. The van der Waals surface area contributed by atoms with Crippen LogP contribution in [0.5, 0.6) is 11.5 Å². The average Bonchev–Trinajstić information content (AvgIpc) is 2.70. The molecular weight excluding hydrogens is 381 g/mol. The molecule has 3 aromatic carbocycles. The summed E-state index contributed by atoms with van der Waals surface area (Å²) in [6.07, 6.45) is -0.766. The molecule has 1 atom stereocenters. The second kappa shape index (κ2) is 9.24. The molecule has 0 aliphatic carbocycles. The number of amides is 1. The molecule has 0 spiro atoms. The van der Waals surface area contributed by atoms with Crippen LogP contribution in [0.2, 0.25) is 5.02 Å². The normalized spacial score (nSPS) is 11.5. The fraction of sp³-hybridized carbons (Fsp3) is 0.136. The van der Waals surface area contributed by atoms with Gasteiger partial charge >= 0.3 is 0 Å². The van der Waals surface area contributed by atoms with Gasteiger partial charge in [-0.05, 0) is 55.0 Å². The standard InChI is InChI=1S/C22H19ClFNO3/c1-15(22(26)25-21-12-7-17(24)13-20(21)23)28-19-10-8-18(9-11-19)27-14-16-5-3-2-4-6-16/h2-13,15H,14H2,1H3,(H,25,26)/t15-/m0/s1. The molecule has 0 aliphatic rings. The summed E-state index contributed by atoms with van der Waals surface area (Å²) in [5.74, 6) is 0.367. The van der Waals surface area contributed by atoms with E-state index in [1.807, 2.05) is 30.3 Å². The smallest absolute Gasteiger partial charge is 0.265 e. The van der Waals surface area contributed by atoms with E-state index in [9.17, 15) is 9.18 Å². The number of halogens is 2. The van der Waals surface area contributed by atoms with Crippen LogP contribution in [0.25, 0.3) is 0 Å². The third-order valence-corrected chi connectivity index (χ3v) is 4.26. The molecule has 28 heavy (non-hydrogen) atoms. The number of anilines is 1. The van der Waals surface area contributed by atoms with Gasteiger partial charge in [0.05, 0.1) is 10.7 Å². The third kappa shape index (κ3) is 5.47. The Kier molecular flexibility index (Phi) is 6.50. The number of nitrogens with one attached hydrogen (secondary N) is 1. The van der Waals surface area contributed by atoms with Crippen molar-refractivity contribution in [3.8, 4) is 11.5 Å². The first-order chi connectivity index (χ1) is 13.5. The molecule has 0 fully saturated rings. The van der Waals surface area contributed by atoms with Gasteiger partial charge in [-0.3, -0.25) is 4.79 Å². The lowest BCUT2D eigenvalue weighted by molar-refractivity contribution is -0.122. The largest absolute Gasteiger partial charge is 0.489 e. The first kappa shape index (κ1) is 19.7. The van der Waals surface area contributed by atoms with Gasteiger partial charge in [0.2, 0.25) is 0 Å². The number of carbonyl (C=O) groups excluding carboxylic acids is 1. The predicted molar refractivity (Wildman–Crippen MR) is 107 cm³/mol. The maximum atomic E-state index is 13.1. The van der Waals surface area contributed by atoms with E-state index < -0.39 is 17.8 Å². The fourth-order valence-corrected chi connectivity index (χ4v) is 2.65. The Bertz CT molecular complexity index is 932. The lowest BCUT2D eigenvalue weighted by Gasteiger charge is -2.16. The Morgan fingerprint density at radius 1 is 1.04 bits per heavy atom. The highest BCUT2D eigenvalue weighted by molar-refractivity contribution is 6.33. The summed E-state index contributed by atoms with van der Waals surface area (Å²) in [5.41, 5.74) is 1.40. The van der Waals surface area contributed by atoms with Crippen LogP contribution in [0.4, 0.5) is 10.1 Å². The highest BCUT2D eigenvalue weighted by atomic mass is 35.5. The van der Waals surface area contributed by atoms with E-state index in [0.29, 0.717) is 23.8 Å². The molecule has 0 saturated carbocycles. The van der Waals surface area contributed by atoms with Crippen molar-refractivity contribution in [1.29, 1.82) is 0 Å². The number of ether oxygens (including phenoxy) is 2. The van der Waals surface area contributed by atoms with Crippen LogP contribution in [-0.2, 0) is 11.4 Å². The Labute approximate surface area is 167 Å². The Morgan fingerprint density at radius 2 is 1.71 bits per heavy atom. The number of carbonyl (C=O) groups is 1. The molecule has 1 amide bonds. The van der Waals surface area contributed by atoms with Crippen LogP contribution in [-0.4, -0.2) is 12.0 Å². The van der Waals surface area contributed by atoms with Crippen molar-refractivity contribution in [2.45, 2.75) is 19.6 Å². The first-order valence-electron chi connectivity index (χ1n) is 8.70. The van der Waals surface area contributed by atoms with Crippen LogP contribution in [0.1, 0.15) is 12.5 Å². The van der Waals surface area contributed by atoms with Crippen molar-refractivity contribution in [2.24, 2.45) is 0 Å². The van der Waals surface area contributed by atoms with Crippen molar-refractivity contribution in [1.82, 2.24) is 0 Å². The highest BCUT2D eigenvalue weighted by Crippen LogP contribution is 2.23. The van der Waals surface area contributed by atoms with E-state index in [4.69, 9.17) is 21.1 Å². The molecule has 4 nitrogen and oxygen atoms in total. The minimum absolute atomic E-state index is 0.125. The lowest BCUT2D eigenvalue weighted by atomic mass is 10.2. The summed E-state index contributed by atoms with van der Waals surface area (Å²) >= 11 is 5.92. The van der Waals surface area contributed by atoms with Crippen molar-refractivity contribution in [2.75, 3.05) is 5.32 Å². The average molecular weight is 400 g/mol. The van der Waals surface area contributed by atoms with Gasteiger partial charge in [0.15, 0.2) is 6.10 Å². The third-order valence-electron chi connectivity index (χ3n) is 3.94.